The van der Waals surface area contributed by atoms with Gasteiger partial charge < -0.3 is 10.3 Å². The summed E-state index contributed by atoms with van der Waals surface area (Å²) in [5.41, 5.74) is 7.30. The first-order chi connectivity index (χ1) is 7.00. The van der Waals surface area contributed by atoms with Crippen molar-refractivity contribution in [2.75, 3.05) is 17.2 Å². The first-order valence-electron chi connectivity index (χ1n) is 5.41. The van der Waals surface area contributed by atoms with Crippen molar-refractivity contribution in [3.63, 3.8) is 0 Å². The molecule has 15 heavy (non-hydrogen) atoms. The third-order valence-corrected chi connectivity index (χ3v) is 4.04. The first kappa shape index (κ1) is 10.9. The molecule has 4 heteroatoms. The van der Waals surface area contributed by atoms with Gasteiger partial charge in [0.2, 0.25) is 0 Å². The molecule has 1 aromatic rings. The van der Waals surface area contributed by atoms with Crippen molar-refractivity contribution in [3.8, 4) is 0 Å². The van der Waals surface area contributed by atoms with Crippen LogP contribution in [0.2, 0.25) is 0 Å². The van der Waals surface area contributed by atoms with E-state index in [1.807, 2.05) is 18.1 Å². The van der Waals surface area contributed by atoms with Crippen LogP contribution in [0.15, 0.2) is 6.33 Å². The molecule has 1 aromatic heterocycles. The lowest BCUT2D eigenvalue weighted by atomic mass is 10.0. The predicted octanol–water partition coefficient (Wildman–Crippen LogP) is 2.44. The summed E-state index contributed by atoms with van der Waals surface area (Å²) in [6, 6.07) is 0. The van der Waals surface area contributed by atoms with Crippen LogP contribution < -0.4 is 5.73 Å². The zero-order valence-corrected chi connectivity index (χ0v) is 10.5. The molecule has 1 atom stereocenters. The highest BCUT2D eigenvalue weighted by Gasteiger charge is 2.25. The molecule has 2 N–H and O–H groups in total. The van der Waals surface area contributed by atoms with E-state index in [4.69, 9.17) is 5.73 Å². The summed E-state index contributed by atoms with van der Waals surface area (Å²) in [5.74, 6) is 3.84. The van der Waals surface area contributed by atoms with Crippen LogP contribution in [0.5, 0.6) is 0 Å². The van der Waals surface area contributed by atoms with Crippen LogP contribution in [-0.4, -0.2) is 21.1 Å². The molecule has 2 rings (SSSR count). The summed E-state index contributed by atoms with van der Waals surface area (Å²) in [4.78, 5) is 4.49. The Kier molecular flexibility index (Phi) is 2.71. The molecule has 0 amide bonds. The summed E-state index contributed by atoms with van der Waals surface area (Å²) in [6.45, 7) is 6.45. The highest BCUT2D eigenvalue weighted by molar-refractivity contribution is 7.99. The van der Waals surface area contributed by atoms with Crippen molar-refractivity contribution in [3.05, 3.63) is 12.0 Å². The van der Waals surface area contributed by atoms with Gasteiger partial charge in [-0.15, -0.1) is 0 Å². The lowest BCUT2D eigenvalue weighted by Gasteiger charge is -2.22. The molecule has 0 aromatic carbocycles. The van der Waals surface area contributed by atoms with Gasteiger partial charge in [0, 0.05) is 17.2 Å². The lowest BCUT2D eigenvalue weighted by molar-refractivity contribution is 0.401. The Morgan fingerprint density at radius 3 is 2.73 bits per heavy atom. The number of aromatic nitrogens is 2. The summed E-state index contributed by atoms with van der Waals surface area (Å²) in [5, 5.41) is 0. The summed E-state index contributed by atoms with van der Waals surface area (Å²) in [7, 11) is 0. The number of anilines is 1. The molecule has 3 nitrogen and oxygen atoms in total. The number of thioether (sulfide) groups is 1. The zero-order valence-electron chi connectivity index (χ0n) is 9.66. The lowest BCUT2D eigenvalue weighted by Crippen LogP contribution is -2.23. The fraction of sp³-hybridized carbons (Fsp3) is 0.727. The van der Waals surface area contributed by atoms with Gasteiger partial charge in [-0.2, -0.15) is 11.8 Å². The van der Waals surface area contributed by atoms with Gasteiger partial charge >= 0.3 is 0 Å². The van der Waals surface area contributed by atoms with Crippen LogP contribution >= 0.6 is 11.8 Å². The van der Waals surface area contributed by atoms with Crippen LogP contribution in [0, 0.1) is 0 Å². The van der Waals surface area contributed by atoms with Crippen molar-refractivity contribution >= 4 is 17.6 Å². The number of nitrogens with zero attached hydrogens (tertiary/aromatic N) is 2. The van der Waals surface area contributed by atoms with Gasteiger partial charge in [-0.3, -0.25) is 0 Å². The van der Waals surface area contributed by atoms with E-state index in [1.165, 1.54) is 17.9 Å². The monoisotopic (exact) mass is 225 g/mol. The molecular formula is C11H19N3S. The second kappa shape index (κ2) is 3.74. The quantitative estimate of drug-likeness (QED) is 0.798. The smallest absolute Gasteiger partial charge is 0.127 e. The average Bonchev–Trinajstić information content (AvgIpc) is 2.69. The average molecular weight is 225 g/mol. The molecule has 0 spiro atoms. The molecule has 1 unspecified atom stereocenters. The first-order valence-corrected chi connectivity index (χ1v) is 6.56. The van der Waals surface area contributed by atoms with Crippen LogP contribution in [0.25, 0.3) is 0 Å². The molecule has 1 aliphatic rings. The minimum Gasteiger partial charge on any atom is -0.384 e. The molecule has 2 heterocycles. The molecule has 0 saturated carbocycles. The van der Waals surface area contributed by atoms with E-state index in [0.717, 1.165) is 11.5 Å². The number of nitrogen functional groups attached to an aromatic ring is 1. The maximum Gasteiger partial charge on any atom is 0.127 e. The molecular weight excluding hydrogens is 206 g/mol. The van der Waals surface area contributed by atoms with Gasteiger partial charge in [0.25, 0.3) is 0 Å². The van der Waals surface area contributed by atoms with Gasteiger partial charge in [-0.1, -0.05) is 0 Å². The number of hydrogen-bond acceptors (Lipinski definition) is 3. The Morgan fingerprint density at radius 1 is 1.53 bits per heavy atom. The van der Waals surface area contributed by atoms with E-state index in [1.54, 1.807) is 0 Å². The van der Waals surface area contributed by atoms with Crippen LogP contribution in [0.4, 0.5) is 5.82 Å². The van der Waals surface area contributed by atoms with E-state index in [2.05, 4.69) is 30.3 Å². The number of nitrogens with two attached hydrogens (primary N) is 1. The number of rotatable bonds is 1. The minimum atomic E-state index is 0.0288. The maximum atomic E-state index is 6.16. The fourth-order valence-electron chi connectivity index (χ4n) is 1.97. The van der Waals surface area contributed by atoms with Gasteiger partial charge in [0.15, 0.2) is 0 Å². The molecule has 1 fully saturated rings. The Labute approximate surface area is 95.4 Å². The Hall–Kier alpha value is -0.640. The third-order valence-electron chi connectivity index (χ3n) is 2.87. The van der Waals surface area contributed by atoms with Crippen molar-refractivity contribution in [1.82, 2.24) is 9.55 Å². The Morgan fingerprint density at radius 2 is 2.27 bits per heavy atom. The SMILES string of the molecule is CC(C)(C)n1cnc(C2CCSC2)c1N. The van der Waals surface area contributed by atoms with Gasteiger partial charge in [0.05, 0.1) is 12.0 Å². The summed E-state index contributed by atoms with van der Waals surface area (Å²) >= 11 is 2.00. The topological polar surface area (TPSA) is 43.8 Å². The fourth-order valence-corrected chi connectivity index (χ4v) is 3.20. The molecule has 0 radical (unpaired) electrons. The third kappa shape index (κ3) is 2.00. The number of hydrogen-bond donors (Lipinski definition) is 1. The second-order valence-electron chi connectivity index (χ2n) is 5.12. The van der Waals surface area contributed by atoms with Crippen LogP contribution in [0.3, 0.4) is 0 Å². The standard InChI is InChI=1S/C11H19N3S/c1-11(2,3)14-7-13-9(10(14)12)8-4-5-15-6-8/h7-8H,4-6,12H2,1-3H3. The summed E-state index contributed by atoms with van der Waals surface area (Å²) in [6.07, 6.45) is 3.10. The Bertz CT molecular complexity index is 345. The van der Waals surface area contributed by atoms with Crippen LogP contribution in [-0.2, 0) is 5.54 Å². The summed E-state index contributed by atoms with van der Waals surface area (Å²) < 4.78 is 2.07. The highest BCUT2D eigenvalue weighted by Crippen LogP contribution is 2.35. The van der Waals surface area contributed by atoms with E-state index < -0.39 is 0 Å². The maximum absolute atomic E-state index is 6.16. The highest BCUT2D eigenvalue weighted by atomic mass is 32.2. The van der Waals surface area contributed by atoms with Crippen LogP contribution in [0.1, 0.15) is 38.8 Å². The van der Waals surface area contributed by atoms with Gasteiger partial charge in [-0.25, -0.2) is 4.98 Å². The van der Waals surface area contributed by atoms with Gasteiger partial charge in [-0.05, 0) is 32.9 Å². The molecule has 1 saturated heterocycles. The molecule has 1 aliphatic heterocycles. The minimum absolute atomic E-state index is 0.0288. The molecule has 0 bridgehead atoms. The van der Waals surface area contributed by atoms with Crippen molar-refractivity contribution in [2.45, 2.75) is 38.6 Å². The van der Waals surface area contributed by atoms with Crippen molar-refractivity contribution in [2.24, 2.45) is 0 Å². The van der Waals surface area contributed by atoms with E-state index in [-0.39, 0.29) is 5.54 Å². The second-order valence-corrected chi connectivity index (χ2v) is 6.27. The number of imidazole rings is 1. The normalized spacial score (nSPS) is 22.2. The van der Waals surface area contributed by atoms with Gasteiger partial charge in [0.1, 0.15) is 5.82 Å². The van der Waals surface area contributed by atoms with Crippen molar-refractivity contribution < 1.29 is 0 Å². The predicted molar refractivity (Wildman–Crippen MR) is 66.3 cm³/mol. The molecule has 0 aliphatic carbocycles. The zero-order chi connectivity index (χ0) is 11.1. The van der Waals surface area contributed by atoms with E-state index in [9.17, 15) is 0 Å². The Balaban J connectivity index is 2.31. The molecule has 84 valence electrons. The largest absolute Gasteiger partial charge is 0.384 e. The van der Waals surface area contributed by atoms with E-state index in [0.29, 0.717) is 5.92 Å². The van der Waals surface area contributed by atoms with E-state index >= 15 is 0 Å². The van der Waals surface area contributed by atoms with Crippen molar-refractivity contribution in [1.29, 1.82) is 0 Å².